The molecule has 1 aromatic rings. The molecule has 1 saturated heterocycles. The van der Waals surface area contributed by atoms with Gasteiger partial charge in [0.1, 0.15) is 0 Å². The van der Waals surface area contributed by atoms with Crippen molar-refractivity contribution in [1.29, 1.82) is 0 Å². The Balaban J connectivity index is 0.00000288. The smallest absolute Gasteiger partial charge is 0.193 e. The Kier molecular flexibility index (Phi) is 9.51. The molecule has 0 bridgehead atoms. The molecule has 1 aliphatic heterocycles. The van der Waals surface area contributed by atoms with Crippen LogP contribution in [0.25, 0.3) is 0 Å². The largest absolute Gasteiger partial charge is 0.356 e. The van der Waals surface area contributed by atoms with E-state index in [2.05, 4.69) is 52.8 Å². The second kappa shape index (κ2) is 10.6. The van der Waals surface area contributed by atoms with Gasteiger partial charge >= 0.3 is 0 Å². The first-order chi connectivity index (χ1) is 11.1. The zero-order valence-corrected chi connectivity index (χ0v) is 18.8. The van der Waals surface area contributed by atoms with E-state index in [1.165, 1.54) is 17.0 Å². The number of thiazole rings is 1. The van der Waals surface area contributed by atoms with E-state index in [1.54, 1.807) is 11.3 Å². The Hall–Kier alpha value is -0.410. The van der Waals surface area contributed by atoms with Gasteiger partial charge in [-0.05, 0) is 33.4 Å². The van der Waals surface area contributed by atoms with Crippen LogP contribution in [-0.4, -0.2) is 66.6 Å². The minimum atomic E-state index is 0. The molecule has 0 aromatic carbocycles. The molecule has 0 spiro atoms. The number of nitrogens with one attached hydrogen (secondary N) is 1. The van der Waals surface area contributed by atoms with E-state index in [1.807, 2.05) is 7.05 Å². The topological polar surface area (TPSA) is 43.8 Å². The number of likely N-dealkylation sites (N-methyl/N-ethyl adjacent to an activating group) is 1. The van der Waals surface area contributed by atoms with Crippen molar-refractivity contribution in [3.63, 3.8) is 0 Å². The zero-order chi connectivity index (χ0) is 16.8. The first-order valence-electron chi connectivity index (χ1n) is 8.71. The lowest BCUT2D eigenvalue weighted by Gasteiger charge is -2.27. The molecule has 1 aromatic heterocycles. The maximum absolute atomic E-state index is 4.50. The first-order valence-corrected chi connectivity index (χ1v) is 9.53. The van der Waals surface area contributed by atoms with E-state index in [0.717, 1.165) is 50.1 Å². The molecule has 5 nitrogen and oxygen atoms in total. The molecule has 138 valence electrons. The molecule has 1 unspecified atom stereocenters. The van der Waals surface area contributed by atoms with Gasteiger partial charge in [-0.25, -0.2) is 4.98 Å². The SMILES string of the molecule is CCN(CC)C1CCN(C(=NC)NCCc2sc(C)nc2C)C1.I. The minimum Gasteiger partial charge on any atom is -0.356 e. The van der Waals surface area contributed by atoms with Crippen molar-refractivity contribution in [3.05, 3.63) is 15.6 Å². The lowest BCUT2D eigenvalue weighted by atomic mass is 10.2. The number of guanidine groups is 1. The lowest BCUT2D eigenvalue weighted by molar-refractivity contribution is 0.223. The normalized spacial score (nSPS) is 18.2. The van der Waals surface area contributed by atoms with Crippen molar-refractivity contribution >= 4 is 41.3 Å². The number of nitrogens with zero attached hydrogens (tertiary/aromatic N) is 4. The first kappa shape index (κ1) is 21.6. The predicted molar refractivity (Wildman–Crippen MR) is 115 cm³/mol. The highest BCUT2D eigenvalue weighted by Crippen LogP contribution is 2.18. The van der Waals surface area contributed by atoms with E-state index in [-0.39, 0.29) is 24.0 Å². The quantitative estimate of drug-likeness (QED) is 0.399. The summed E-state index contributed by atoms with van der Waals surface area (Å²) in [5.41, 5.74) is 1.17. The summed E-state index contributed by atoms with van der Waals surface area (Å²) in [4.78, 5) is 15.3. The average Bonchev–Trinajstić information content (AvgIpc) is 3.12. The van der Waals surface area contributed by atoms with Gasteiger partial charge < -0.3 is 10.2 Å². The number of likely N-dealkylation sites (tertiary alicyclic amines) is 1. The summed E-state index contributed by atoms with van der Waals surface area (Å²) in [7, 11) is 1.88. The second-order valence-electron chi connectivity index (χ2n) is 6.08. The highest BCUT2D eigenvalue weighted by molar-refractivity contribution is 14.0. The molecule has 1 atom stereocenters. The van der Waals surface area contributed by atoms with Gasteiger partial charge in [0.15, 0.2) is 5.96 Å². The van der Waals surface area contributed by atoms with Crippen molar-refractivity contribution in [3.8, 4) is 0 Å². The standard InChI is InChI=1S/C17H31N5S.HI/c1-6-21(7-2)15-9-11-22(12-15)17(18-5)19-10-8-16-13(3)20-14(4)23-16;/h15H,6-12H2,1-5H3,(H,18,19);1H. The number of aliphatic imine (C=N–C) groups is 1. The van der Waals surface area contributed by atoms with Gasteiger partial charge in [-0.1, -0.05) is 13.8 Å². The fourth-order valence-electron chi connectivity index (χ4n) is 3.40. The fourth-order valence-corrected chi connectivity index (χ4v) is 4.33. The van der Waals surface area contributed by atoms with Gasteiger partial charge in [0.05, 0.1) is 10.7 Å². The summed E-state index contributed by atoms with van der Waals surface area (Å²) in [6, 6.07) is 0.662. The van der Waals surface area contributed by atoms with Crippen molar-refractivity contribution in [2.75, 3.05) is 39.8 Å². The molecule has 0 radical (unpaired) electrons. The fraction of sp³-hybridized carbons (Fsp3) is 0.765. The van der Waals surface area contributed by atoms with Gasteiger partial charge in [-0.2, -0.15) is 0 Å². The van der Waals surface area contributed by atoms with Crippen molar-refractivity contribution < 1.29 is 0 Å². The van der Waals surface area contributed by atoms with Gasteiger partial charge in [0, 0.05) is 44.0 Å². The Labute approximate surface area is 168 Å². The number of aryl methyl sites for hydroxylation is 2. The predicted octanol–water partition coefficient (Wildman–Crippen LogP) is 2.91. The van der Waals surface area contributed by atoms with E-state index < -0.39 is 0 Å². The van der Waals surface area contributed by atoms with Crippen LogP contribution in [0.15, 0.2) is 4.99 Å². The zero-order valence-electron chi connectivity index (χ0n) is 15.6. The van der Waals surface area contributed by atoms with Gasteiger partial charge in [-0.15, -0.1) is 35.3 Å². The van der Waals surface area contributed by atoms with Crippen LogP contribution in [0, 0.1) is 13.8 Å². The van der Waals surface area contributed by atoms with Crippen molar-refractivity contribution in [1.82, 2.24) is 20.1 Å². The molecular formula is C17H32IN5S. The highest BCUT2D eigenvalue weighted by atomic mass is 127. The number of hydrogen-bond acceptors (Lipinski definition) is 4. The van der Waals surface area contributed by atoms with Crippen LogP contribution in [0.4, 0.5) is 0 Å². The Bertz CT molecular complexity index is 527. The number of halogens is 1. The van der Waals surface area contributed by atoms with Crippen LogP contribution in [0.5, 0.6) is 0 Å². The summed E-state index contributed by atoms with van der Waals surface area (Å²) >= 11 is 1.80. The molecule has 0 aliphatic carbocycles. The third-order valence-corrected chi connectivity index (χ3v) is 5.77. The van der Waals surface area contributed by atoms with Crippen LogP contribution in [-0.2, 0) is 6.42 Å². The summed E-state index contributed by atoms with van der Waals surface area (Å²) in [5, 5.41) is 4.68. The molecule has 1 fully saturated rings. The summed E-state index contributed by atoms with van der Waals surface area (Å²) < 4.78 is 0. The molecule has 2 heterocycles. The van der Waals surface area contributed by atoms with E-state index in [9.17, 15) is 0 Å². The Morgan fingerprint density at radius 2 is 2.08 bits per heavy atom. The van der Waals surface area contributed by atoms with Gasteiger partial charge in [0.25, 0.3) is 0 Å². The van der Waals surface area contributed by atoms with E-state index >= 15 is 0 Å². The minimum absolute atomic E-state index is 0. The average molecular weight is 465 g/mol. The molecule has 7 heteroatoms. The van der Waals surface area contributed by atoms with Crippen LogP contribution in [0.3, 0.4) is 0 Å². The summed E-state index contributed by atoms with van der Waals surface area (Å²) in [6.45, 7) is 14.0. The summed E-state index contributed by atoms with van der Waals surface area (Å²) in [6.07, 6.45) is 2.25. The molecule has 1 aliphatic rings. The van der Waals surface area contributed by atoms with Crippen LogP contribution < -0.4 is 5.32 Å². The third-order valence-electron chi connectivity index (χ3n) is 4.64. The monoisotopic (exact) mass is 465 g/mol. The molecule has 1 N–H and O–H groups in total. The van der Waals surface area contributed by atoms with Gasteiger partial charge in [0.2, 0.25) is 0 Å². The number of rotatable bonds is 6. The van der Waals surface area contributed by atoms with Crippen LogP contribution in [0.1, 0.15) is 35.8 Å². The van der Waals surface area contributed by atoms with Crippen LogP contribution >= 0.6 is 35.3 Å². The number of hydrogen-bond donors (Lipinski definition) is 1. The highest BCUT2D eigenvalue weighted by Gasteiger charge is 2.27. The van der Waals surface area contributed by atoms with E-state index in [0.29, 0.717) is 6.04 Å². The lowest BCUT2D eigenvalue weighted by Crippen LogP contribution is -2.43. The molecule has 0 amide bonds. The van der Waals surface area contributed by atoms with E-state index in [4.69, 9.17) is 0 Å². The molecular weight excluding hydrogens is 433 g/mol. The van der Waals surface area contributed by atoms with Crippen LogP contribution in [0.2, 0.25) is 0 Å². The maximum atomic E-state index is 4.50. The molecule has 24 heavy (non-hydrogen) atoms. The van der Waals surface area contributed by atoms with Crippen molar-refractivity contribution in [2.24, 2.45) is 4.99 Å². The molecule has 2 rings (SSSR count). The second-order valence-corrected chi connectivity index (χ2v) is 7.36. The third kappa shape index (κ3) is 5.56. The maximum Gasteiger partial charge on any atom is 0.193 e. The Morgan fingerprint density at radius 1 is 1.38 bits per heavy atom. The number of aromatic nitrogens is 1. The van der Waals surface area contributed by atoms with Gasteiger partial charge in [-0.3, -0.25) is 9.89 Å². The Morgan fingerprint density at radius 3 is 2.62 bits per heavy atom. The van der Waals surface area contributed by atoms with Crippen molar-refractivity contribution in [2.45, 2.75) is 46.6 Å². The summed E-state index contributed by atoms with van der Waals surface area (Å²) in [5.74, 6) is 1.04. The molecule has 0 saturated carbocycles.